The normalized spacial score (nSPS) is 12.9. The first-order valence-corrected chi connectivity index (χ1v) is 11.6. The molecule has 0 fully saturated rings. The van der Waals surface area contributed by atoms with Crippen molar-refractivity contribution in [2.24, 2.45) is 0 Å². The molecule has 0 unspecified atom stereocenters. The Morgan fingerprint density at radius 1 is 1.03 bits per heavy atom. The minimum atomic E-state index is -3.63. The average Bonchev–Trinajstić information content (AvgIpc) is 2.79. The largest absolute Gasteiger partial charge is 0.497 e. The second kappa shape index (κ2) is 11.0. The maximum absolute atomic E-state index is 12.4. The molecule has 1 aliphatic rings. The molecule has 2 aromatic rings. The summed E-state index contributed by atoms with van der Waals surface area (Å²) in [6.07, 6.45) is 2.24. The van der Waals surface area contributed by atoms with Crippen LogP contribution in [0.25, 0.3) is 0 Å². The number of ether oxygens (including phenoxy) is 4. The summed E-state index contributed by atoms with van der Waals surface area (Å²) in [5.74, 6) is 1.41. The van der Waals surface area contributed by atoms with Crippen molar-refractivity contribution < 1.29 is 32.2 Å². The lowest BCUT2D eigenvalue weighted by molar-refractivity contribution is -0.145. The van der Waals surface area contributed by atoms with Gasteiger partial charge in [0.25, 0.3) is 0 Å². The molecule has 3 rings (SSSR count). The van der Waals surface area contributed by atoms with Gasteiger partial charge in [0.15, 0.2) is 11.5 Å². The number of fused-ring (bicyclic) bond motifs is 1. The van der Waals surface area contributed by atoms with E-state index in [1.54, 1.807) is 13.2 Å². The lowest BCUT2D eigenvalue weighted by Crippen LogP contribution is -2.25. The molecule has 168 valence electrons. The van der Waals surface area contributed by atoms with Gasteiger partial charge in [-0.2, -0.15) is 0 Å². The third-order valence-corrected chi connectivity index (χ3v) is 6.17. The minimum Gasteiger partial charge on any atom is -0.497 e. The molecule has 0 atom stereocenters. The van der Waals surface area contributed by atoms with Gasteiger partial charge in [-0.15, -0.1) is 0 Å². The number of carbonyl (C=O) groups excluding carboxylic acids is 1. The molecule has 8 nitrogen and oxygen atoms in total. The van der Waals surface area contributed by atoms with Gasteiger partial charge in [-0.1, -0.05) is 18.6 Å². The van der Waals surface area contributed by atoms with Crippen LogP contribution in [0.1, 0.15) is 31.2 Å². The molecule has 9 heteroatoms. The van der Waals surface area contributed by atoms with Gasteiger partial charge in [-0.25, -0.2) is 13.1 Å². The van der Waals surface area contributed by atoms with Crippen molar-refractivity contribution in [1.29, 1.82) is 0 Å². The summed E-state index contributed by atoms with van der Waals surface area (Å²) in [7, 11) is -2.04. The smallest absolute Gasteiger partial charge is 0.306 e. The van der Waals surface area contributed by atoms with Gasteiger partial charge in [0.05, 0.1) is 12.0 Å². The fraction of sp³-hybridized carbons (Fsp3) is 0.409. The predicted molar refractivity (Wildman–Crippen MR) is 114 cm³/mol. The van der Waals surface area contributed by atoms with Crippen LogP contribution in [-0.4, -0.2) is 41.3 Å². The van der Waals surface area contributed by atoms with Crippen LogP contribution >= 0.6 is 0 Å². The number of sulfonamides is 1. The summed E-state index contributed by atoms with van der Waals surface area (Å²) < 4.78 is 48.7. The van der Waals surface area contributed by atoms with Gasteiger partial charge in [0.2, 0.25) is 10.0 Å². The number of hydrogen-bond acceptors (Lipinski definition) is 7. The zero-order chi connectivity index (χ0) is 22.1. The van der Waals surface area contributed by atoms with E-state index in [4.69, 9.17) is 18.9 Å². The second-order valence-electron chi connectivity index (χ2n) is 7.03. The number of esters is 1. The van der Waals surface area contributed by atoms with Gasteiger partial charge in [-0.05, 0) is 42.7 Å². The zero-order valence-corrected chi connectivity index (χ0v) is 18.3. The number of carbonyl (C=O) groups is 1. The molecule has 2 aromatic carbocycles. The van der Waals surface area contributed by atoms with E-state index >= 15 is 0 Å². The highest BCUT2D eigenvalue weighted by Crippen LogP contribution is 2.32. The molecule has 0 radical (unpaired) electrons. The van der Waals surface area contributed by atoms with Crippen LogP contribution in [-0.2, 0) is 26.2 Å². The Labute approximate surface area is 182 Å². The third-order valence-electron chi connectivity index (χ3n) is 4.71. The molecule has 1 heterocycles. The van der Waals surface area contributed by atoms with Crippen molar-refractivity contribution in [1.82, 2.24) is 4.72 Å². The summed E-state index contributed by atoms with van der Waals surface area (Å²) in [5, 5.41) is 0. The summed E-state index contributed by atoms with van der Waals surface area (Å²) in [6, 6.07) is 11.9. The van der Waals surface area contributed by atoms with Gasteiger partial charge >= 0.3 is 5.97 Å². The van der Waals surface area contributed by atoms with E-state index < -0.39 is 10.0 Å². The molecule has 0 aromatic heterocycles. The Kier molecular flexibility index (Phi) is 8.13. The number of unbranched alkanes of at least 4 members (excludes halogenated alkanes) is 2. The van der Waals surface area contributed by atoms with Crippen LogP contribution < -0.4 is 18.9 Å². The molecule has 0 spiro atoms. The molecular weight excluding hydrogens is 422 g/mol. The number of benzene rings is 2. The van der Waals surface area contributed by atoms with E-state index in [0.29, 0.717) is 56.1 Å². The first kappa shape index (κ1) is 22.9. The summed E-state index contributed by atoms with van der Waals surface area (Å²) >= 11 is 0. The minimum absolute atomic E-state index is 0.137. The van der Waals surface area contributed by atoms with E-state index in [0.717, 1.165) is 5.56 Å². The van der Waals surface area contributed by atoms with Crippen LogP contribution in [0.5, 0.6) is 17.2 Å². The molecule has 31 heavy (non-hydrogen) atoms. The van der Waals surface area contributed by atoms with Crippen molar-refractivity contribution in [3.63, 3.8) is 0 Å². The fourth-order valence-corrected chi connectivity index (χ4v) is 4.14. The molecule has 0 saturated heterocycles. The van der Waals surface area contributed by atoms with Crippen LogP contribution in [0.15, 0.2) is 47.4 Å². The van der Waals surface area contributed by atoms with Crippen molar-refractivity contribution >= 4 is 16.0 Å². The van der Waals surface area contributed by atoms with Crippen LogP contribution in [0, 0.1) is 0 Å². The second-order valence-corrected chi connectivity index (χ2v) is 8.79. The lowest BCUT2D eigenvalue weighted by Gasteiger charge is -2.18. The van der Waals surface area contributed by atoms with Gasteiger partial charge < -0.3 is 18.9 Å². The highest BCUT2D eigenvalue weighted by Gasteiger charge is 2.18. The third kappa shape index (κ3) is 6.86. The Balaban J connectivity index is 1.33. The van der Waals surface area contributed by atoms with Crippen molar-refractivity contribution in [2.75, 3.05) is 26.9 Å². The molecule has 0 amide bonds. The van der Waals surface area contributed by atoms with Gasteiger partial charge in [-0.3, -0.25) is 4.79 Å². The average molecular weight is 450 g/mol. The predicted octanol–water partition coefficient (Wildman–Crippen LogP) is 3.05. The summed E-state index contributed by atoms with van der Waals surface area (Å²) in [5.41, 5.74) is 0.862. The molecule has 0 bridgehead atoms. The molecule has 0 saturated carbocycles. The Morgan fingerprint density at radius 3 is 2.65 bits per heavy atom. The van der Waals surface area contributed by atoms with Gasteiger partial charge in [0, 0.05) is 19.0 Å². The summed E-state index contributed by atoms with van der Waals surface area (Å²) in [4.78, 5) is 12.0. The van der Waals surface area contributed by atoms with Crippen LogP contribution in [0.4, 0.5) is 0 Å². The number of hydrogen-bond donors (Lipinski definition) is 1. The Hall–Kier alpha value is -2.78. The van der Waals surface area contributed by atoms with E-state index in [1.165, 1.54) is 12.1 Å². The maximum atomic E-state index is 12.4. The standard InChI is InChI=1S/C22H27NO7S/c1-27-18-7-5-6-17(14-18)16-30-22(24)8-3-2-4-11-23-31(25,26)19-9-10-20-21(15-19)29-13-12-28-20/h5-7,9-10,14-15,23H,2-4,8,11-13,16H2,1H3. The topological polar surface area (TPSA) is 100 Å². The number of methoxy groups -OCH3 is 1. The highest BCUT2D eigenvalue weighted by atomic mass is 32.2. The van der Waals surface area contributed by atoms with E-state index in [-0.39, 0.29) is 24.0 Å². The van der Waals surface area contributed by atoms with E-state index in [2.05, 4.69) is 4.72 Å². The zero-order valence-electron chi connectivity index (χ0n) is 17.5. The first-order valence-electron chi connectivity index (χ1n) is 10.2. The molecule has 1 N–H and O–H groups in total. The molecule has 1 aliphatic heterocycles. The Bertz CT molecular complexity index is 991. The lowest BCUT2D eigenvalue weighted by atomic mass is 10.2. The molecular formula is C22H27NO7S. The first-order chi connectivity index (χ1) is 15.0. The summed E-state index contributed by atoms with van der Waals surface area (Å²) in [6.45, 7) is 1.33. The van der Waals surface area contributed by atoms with Crippen molar-refractivity contribution in [2.45, 2.75) is 37.2 Å². The van der Waals surface area contributed by atoms with Crippen LogP contribution in [0.3, 0.4) is 0 Å². The number of rotatable bonds is 11. The van der Waals surface area contributed by atoms with E-state index in [1.807, 2.05) is 24.3 Å². The van der Waals surface area contributed by atoms with Crippen molar-refractivity contribution in [3.05, 3.63) is 48.0 Å². The number of nitrogens with one attached hydrogen (secondary N) is 1. The quantitative estimate of drug-likeness (QED) is 0.416. The highest BCUT2D eigenvalue weighted by molar-refractivity contribution is 7.89. The van der Waals surface area contributed by atoms with Crippen LogP contribution in [0.2, 0.25) is 0 Å². The molecule has 0 aliphatic carbocycles. The maximum Gasteiger partial charge on any atom is 0.306 e. The SMILES string of the molecule is COc1cccc(COC(=O)CCCCCNS(=O)(=O)c2ccc3c(c2)OCCO3)c1. The van der Waals surface area contributed by atoms with Gasteiger partial charge in [0.1, 0.15) is 25.6 Å². The fourth-order valence-electron chi connectivity index (χ4n) is 3.05. The Morgan fingerprint density at radius 2 is 1.84 bits per heavy atom. The van der Waals surface area contributed by atoms with E-state index in [9.17, 15) is 13.2 Å². The monoisotopic (exact) mass is 449 g/mol. The van der Waals surface area contributed by atoms with Crippen molar-refractivity contribution in [3.8, 4) is 17.2 Å².